The molecule has 1 atom stereocenters. The van der Waals surface area contributed by atoms with Crippen LogP contribution in [0.4, 0.5) is 0 Å². The Hall–Kier alpha value is -4.45. The molecule has 0 heterocycles. The zero-order valence-electron chi connectivity index (χ0n) is 53.5. The third-order valence-electron chi connectivity index (χ3n) is 14.4. The van der Waals surface area contributed by atoms with Crippen LogP contribution in [0.15, 0.2) is 134 Å². The summed E-state index contributed by atoms with van der Waals surface area (Å²) in [4.78, 5) is 38.4. The van der Waals surface area contributed by atoms with E-state index in [9.17, 15) is 14.4 Å². The van der Waals surface area contributed by atoms with Gasteiger partial charge in [0.05, 0.1) is 0 Å². The predicted octanol–water partition coefficient (Wildman–Crippen LogP) is 23.7. The Balaban J connectivity index is 4.45. The Kier molecular flexibility index (Phi) is 65.3. The highest BCUT2D eigenvalue weighted by atomic mass is 16.6. The number of ether oxygens (including phenoxy) is 3. The van der Waals surface area contributed by atoms with Crippen molar-refractivity contribution in [2.75, 3.05) is 13.2 Å². The molecule has 0 spiro atoms. The van der Waals surface area contributed by atoms with Crippen molar-refractivity contribution in [3.63, 3.8) is 0 Å². The highest BCUT2D eigenvalue weighted by Gasteiger charge is 2.19. The summed E-state index contributed by atoms with van der Waals surface area (Å²) in [6, 6.07) is 0. The summed E-state index contributed by atoms with van der Waals surface area (Å²) < 4.78 is 16.9. The molecule has 0 fully saturated rings. The Labute approximate surface area is 506 Å². The second-order valence-corrected chi connectivity index (χ2v) is 22.3. The maximum Gasteiger partial charge on any atom is 0.306 e. The van der Waals surface area contributed by atoms with Gasteiger partial charge in [-0.3, -0.25) is 14.4 Å². The first kappa shape index (κ1) is 77.5. The lowest BCUT2D eigenvalue weighted by Crippen LogP contribution is -2.30. The average Bonchev–Trinajstić information content (AvgIpc) is 3.47. The van der Waals surface area contributed by atoms with Gasteiger partial charge in [-0.25, -0.2) is 0 Å². The highest BCUT2D eigenvalue weighted by Crippen LogP contribution is 2.15. The Morgan fingerprint density at radius 1 is 0.256 bits per heavy atom. The molecule has 6 nitrogen and oxygen atoms in total. The van der Waals surface area contributed by atoms with Gasteiger partial charge in [0.1, 0.15) is 13.2 Å². The minimum Gasteiger partial charge on any atom is -0.462 e. The molecule has 0 saturated carbocycles. The van der Waals surface area contributed by atoms with Gasteiger partial charge in [0, 0.05) is 19.3 Å². The van der Waals surface area contributed by atoms with Gasteiger partial charge in [-0.05, 0) is 141 Å². The molecule has 0 radical (unpaired) electrons. The van der Waals surface area contributed by atoms with E-state index in [1.807, 2.05) is 0 Å². The van der Waals surface area contributed by atoms with Gasteiger partial charge in [-0.15, -0.1) is 0 Å². The van der Waals surface area contributed by atoms with Gasteiger partial charge >= 0.3 is 17.9 Å². The lowest BCUT2D eigenvalue weighted by Gasteiger charge is -2.18. The van der Waals surface area contributed by atoms with Crippen molar-refractivity contribution in [2.45, 2.75) is 316 Å². The van der Waals surface area contributed by atoms with E-state index in [1.54, 1.807) is 0 Å². The molecule has 0 N–H and O–H groups in total. The zero-order chi connectivity index (χ0) is 59.2. The minimum atomic E-state index is -0.807. The molecule has 1 unspecified atom stereocenters. The summed E-state index contributed by atoms with van der Waals surface area (Å²) in [5, 5.41) is 0. The van der Waals surface area contributed by atoms with Crippen molar-refractivity contribution in [1.82, 2.24) is 0 Å². The number of carbonyl (C=O) groups is 3. The van der Waals surface area contributed by atoms with Crippen LogP contribution in [-0.2, 0) is 28.6 Å². The third kappa shape index (κ3) is 66.4. The summed E-state index contributed by atoms with van der Waals surface area (Å²) in [5.74, 6) is -0.936. The second kappa shape index (κ2) is 69.0. The normalized spacial score (nSPS) is 13.0. The molecule has 82 heavy (non-hydrogen) atoms. The number of hydrogen-bond donors (Lipinski definition) is 0. The van der Waals surface area contributed by atoms with E-state index >= 15 is 0 Å². The van der Waals surface area contributed by atoms with Crippen LogP contribution >= 0.6 is 0 Å². The number of unbranched alkanes of at least 4 members (excludes halogenated alkanes) is 28. The van der Waals surface area contributed by atoms with Gasteiger partial charge < -0.3 is 14.2 Å². The molecule has 0 bridgehead atoms. The van der Waals surface area contributed by atoms with Crippen LogP contribution in [0.3, 0.4) is 0 Å². The molecular formula is C76H126O6. The van der Waals surface area contributed by atoms with Crippen LogP contribution in [0.5, 0.6) is 0 Å². The lowest BCUT2D eigenvalue weighted by molar-refractivity contribution is -0.167. The van der Waals surface area contributed by atoms with E-state index in [2.05, 4.69) is 154 Å². The maximum atomic E-state index is 12.9. The minimum absolute atomic E-state index is 0.0985. The quantitative estimate of drug-likeness (QED) is 0.0261. The van der Waals surface area contributed by atoms with Crippen molar-refractivity contribution in [3.8, 4) is 0 Å². The van der Waals surface area contributed by atoms with Gasteiger partial charge in [-0.1, -0.05) is 283 Å². The van der Waals surface area contributed by atoms with Crippen molar-refractivity contribution < 1.29 is 28.6 Å². The van der Waals surface area contributed by atoms with Crippen molar-refractivity contribution in [1.29, 1.82) is 0 Å². The van der Waals surface area contributed by atoms with E-state index < -0.39 is 6.10 Å². The standard InChI is InChI=1S/C76H126O6/c1-4-7-10-13-16-19-22-25-28-31-33-35-37-38-40-41-43-45-48-51-54-57-60-63-66-69-75(78)81-72-73(71-80-74(77)68-65-62-59-56-53-50-47-30-27-24-21-18-15-12-9-6-3)82-76(79)70-67-64-61-58-55-52-49-46-44-42-39-36-34-32-29-26-23-20-17-14-11-8-5-2/h8,11,17,20-22,24-26,29-31,33-34,36-38,42,44,47,49,52,73H,4-7,9-10,12-16,18-19,23,27-28,32,35,39-41,43,45-46,48,50-51,53-72H2,1-3H3/b11-8-,20-17-,24-21-,25-22-,29-26-,33-31-,36-34-,38-37-,44-42-,47-30-,52-49-. The van der Waals surface area contributed by atoms with Crippen LogP contribution in [0.2, 0.25) is 0 Å². The molecule has 466 valence electrons. The van der Waals surface area contributed by atoms with E-state index in [4.69, 9.17) is 14.2 Å². The fraction of sp³-hybridized carbons (Fsp3) is 0.671. The molecule has 0 aromatic carbocycles. The molecule has 0 aromatic heterocycles. The second-order valence-electron chi connectivity index (χ2n) is 22.3. The number of carbonyl (C=O) groups excluding carboxylic acids is 3. The van der Waals surface area contributed by atoms with Crippen LogP contribution in [0.25, 0.3) is 0 Å². The average molecular weight is 1140 g/mol. The first-order valence-corrected chi connectivity index (χ1v) is 34.2. The Bertz CT molecular complexity index is 1730. The maximum absolute atomic E-state index is 12.9. The number of allylic oxidation sites excluding steroid dienone is 22. The predicted molar refractivity (Wildman–Crippen MR) is 357 cm³/mol. The summed E-state index contributed by atoms with van der Waals surface area (Å²) in [6.45, 7) is 6.48. The first-order valence-electron chi connectivity index (χ1n) is 34.2. The van der Waals surface area contributed by atoms with E-state index in [0.29, 0.717) is 12.8 Å². The van der Waals surface area contributed by atoms with Crippen molar-refractivity contribution in [2.24, 2.45) is 0 Å². The van der Waals surface area contributed by atoms with Gasteiger partial charge in [0.2, 0.25) is 0 Å². The molecule has 0 amide bonds. The van der Waals surface area contributed by atoms with Gasteiger partial charge in [0.15, 0.2) is 6.10 Å². The Morgan fingerprint density at radius 2 is 0.476 bits per heavy atom. The lowest BCUT2D eigenvalue weighted by atomic mass is 10.1. The van der Waals surface area contributed by atoms with Crippen LogP contribution in [0.1, 0.15) is 310 Å². The number of esters is 3. The molecule has 0 saturated heterocycles. The topological polar surface area (TPSA) is 78.9 Å². The molecule has 0 aliphatic rings. The van der Waals surface area contributed by atoms with Gasteiger partial charge in [-0.2, -0.15) is 0 Å². The summed E-state index contributed by atoms with van der Waals surface area (Å²) in [5.41, 5.74) is 0. The smallest absolute Gasteiger partial charge is 0.306 e. The molecule has 0 aliphatic carbocycles. The van der Waals surface area contributed by atoms with Crippen LogP contribution in [0, 0.1) is 0 Å². The van der Waals surface area contributed by atoms with Gasteiger partial charge in [0.25, 0.3) is 0 Å². The Morgan fingerprint density at radius 3 is 0.756 bits per heavy atom. The number of rotatable bonds is 61. The molecule has 0 aromatic rings. The SMILES string of the molecule is CC/C=C\C/C=C\C/C=C\C/C=C\C/C=C\C/C=C\CCCCCCC(=O)OC(COC(=O)CCCCCCC/C=C\C/C=C\CCCCCC)COC(=O)CCCCCCCCCCCC/C=C\C/C=C\C/C=C\CCCCCCC. The summed E-state index contributed by atoms with van der Waals surface area (Å²) in [6.07, 6.45) is 97.4. The summed E-state index contributed by atoms with van der Waals surface area (Å²) >= 11 is 0. The van der Waals surface area contributed by atoms with E-state index in [0.717, 1.165) is 148 Å². The molecule has 0 aliphatic heterocycles. The fourth-order valence-corrected chi connectivity index (χ4v) is 9.25. The monoisotopic (exact) mass is 1130 g/mol. The van der Waals surface area contributed by atoms with Crippen LogP contribution in [-0.4, -0.2) is 37.2 Å². The van der Waals surface area contributed by atoms with E-state index in [-0.39, 0.29) is 37.5 Å². The largest absolute Gasteiger partial charge is 0.462 e. The highest BCUT2D eigenvalue weighted by molar-refractivity contribution is 5.71. The van der Waals surface area contributed by atoms with E-state index in [1.165, 1.54) is 122 Å². The third-order valence-corrected chi connectivity index (χ3v) is 14.4. The molecule has 6 heteroatoms. The fourth-order valence-electron chi connectivity index (χ4n) is 9.25. The van der Waals surface area contributed by atoms with Crippen molar-refractivity contribution in [3.05, 3.63) is 134 Å². The molecular weight excluding hydrogens is 1010 g/mol. The summed E-state index contributed by atoms with van der Waals surface area (Å²) in [7, 11) is 0. The first-order chi connectivity index (χ1) is 40.5. The zero-order valence-corrected chi connectivity index (χ0v) is 53.5. The van der Waals surface area contributed by atoms with Crippen molar-refractivity contribution >= 4 is 17.9 Å². The van der Waals surface area contributed by atoms with Crippen LogP contribution < -0.4 is 0 Å². The number of hydrogen-bond acceptors (Lipinski definition) is 6. The molecule has 0 rings (SSSR count).